The predicted molar refractivity (Wildman–Crippen MR) is 92.3 cm³/mol. The van der Waals surface area contributed by atoms with Crippen LogP contribution in [0.4, 0.5) is 0 Å². The zero-order chi connectivity index (χ0) is 15.2. The number of benzene rings is 1. The highest BCUT2D eigenvalue weighted by Gasteiger charge is 2.20. The Morgan fingerprint density at radius 3 is 2.90 bits per heavy atom. The summed E-state index contributed by atoms with van der Waals surface area (Å²) in [6, 6.07) is 6.15. The molecular weight excluding hydrogens is 303 g/mol. The molecule has 1 saturated heterocycles. The third-order valence-corrected chi connectivity index (χ3v) is 5.45. The van der Waals surface area contributed by atoms with Crippen molar-refractivity contribution in [2.24, 2.45) is 5.92 Å². The fourth-order valence-electron chi connectivity index (χ4n) is 3.24. The number of hydrogen-bond donors (Lipinski definition) is 1. The van der Waals surface area contributed by atoms with Crippen molar-refractivity contribution in [1.82, 2.24) is 10.2 Å². The summed E-state index contributed by atoms with van der Waals surface area (Å²) >= 11 is 12.5. The number of nitrogens with zero attached hydrogens (tertiary/aromatic N) is 1. The molecule has 0 amide bonds. The molecule has 1 aromatic carbocycles. The zero-order valence-electron chi connectivity index (χ0n) is 13.0. The Morgan fingerprint density at radius 2 is 2.19 bits per heavy atom. The van der Waals surface area contributed by atoms with Crippen LogP contribution in [0.25, 0.3) is 0 Å². The second-order valence-electron chi connectivity index (χ2n) is 5.99. The number of likely N-dealkylation sites (tertiary alicyclic amines) is 1. The van der Waals surface area contributed by atoms with Crippen molar-refractivity contribution in [3.05, 3.63) is 33.8 Å². The minimum atomic E-state index is 0.262. The van der Waals surface area contributed by atoms with Crippen LogP contribution in [0.2, 0.25) is 10.0 Å². The summed E-state index contributed by atoms with van der Waals surface area (Å²) in [5.41, 5.74) is 1.11. The first-order chi connectivity index (χ1) is 10.2. The van der Waals surface area contributed by atoms with Gasteiger partial charge in [0.15, 0.2) is 0 Å². The molecule has 0 aromatic heterocycles. The normalized spacial score (nSPS) is 21.4. The molecule has 1 aromatic rings. The van der Waals surface area contributed by atoms with E-state index in [2.05, 4.69) is 23.2 Å². The quantitative estimate of drug-likeness (QED) is 0.809. The molecule has 2 nitrogen and oxygen atoms in total. The molecule has 0 radical (unpaired) electrons. The molecule has 2 atom stereocenters. The van der Waals surface area contributed by atoms with Gasteiger partial charge in [0.25, 0.3) is 0 Å². The minimum Gasteiger partial charge on any atom is -0.313 e. The first-order valence-corrected chi connectivity index (χ1v) is 8.74. The van der Waals surface area contributed by atoms with Crippen molar-refractivity contribution in [2.45, 2.75) is 38.6 Å². The van der Waals surface area contributed by atoms with Gasteiger partial charge in [-0.2, -0.15) is 0 Å². The average Bonchev–Trinajstić information content (AvgIpc) is 2.52. The zero-order valence-corrected chi connectivity index (χ0v) is 14.6. The third-order valence-electron chi connectivity index (χ3n) is 4.62. The Kier molecular flexibility index (Phi) is 6.81. The van der Waals surface area contributed by atoms with Gasteiger partial charge in [-0.05, 0) is 56.9 Å². The van der Waals surface area contributed by atoms with Gasteiger partial charge in [-0.3, -0.25) is 0 Å². The Hall–Kier alpha value is -0.280. The lowest BCUT2D eigenvalue weighted by molar-refractivity contribution is 0.165. The minimum absolute atomic E-state index is 0.262. The SMILES string of the molecule is CCC1CCCN(CCC(NC)c2cccc(Cl)c2Cl)C1. The maximum atomic E-state index is 6.35. The van der Waals surface area contributed by atoms with E-state index in [0.29, 0.717) is 10.0 Å². The maximum Gasteiger partial charge on any atom is 0.0640 e. The largest absolute Gasteiger partial charge is 0.313 e. The molecule has 4 heteroatoms. The fourth-order valence-corrected chi connectivity index (χ4v) is 3.68. The monoisotopic (exact) mass is 328 g/mol. The van der Waals surface area contributed by atoms with Crippen LogP contribution in [0.1, 0.15) is 44.2 Å². The summed E-state index contributed by atoms with van der Waals surface area (Å²) < 4.78 is 0. The summed E-state index contributed by atoms with van der Waals surface area (Å²) in [7, 11) is 1.99. The predicted octanol–water partition coefficient (Wildman–Crippen LogP) is 4.77. The van der Waals surface area contributed by atoms with Crippen LogP contribution in [0.3, 0.4) is 0 Å². The second kappa shape index (κ2) is 8.38. The van der Waals surface area contributed by atoms with Gasteiger partial charge in [-0.25, -0.2) is 0 Å². The van der Waals surface area contributed by atoms with Crippen molar-refractivity contribution in [3.8, 4) is 0 Å². The molecule has 118 valence electrons. The smallest absolute Gasteiger partial charge is 0.0640 e. The van der Waals surface area contributed by atoms with E-state index >= 15 is 0 Å². The number of hydrogen-bond acceptors (Lipinski definition) is 2. The van der Waals surface area contributed by atoms with Gasteiger partial charge in [0.2, 0.25) is 0 Å². The van der Waals surface area contributed by atoms with Crippen LogP contribution in [0.15, 0.2) is 18.2 Å². The molecule has 1 heterocycles. The van der Waals surface area contributed by atoms with E-state index in [1.54, 1.807) is 0 Å². The molecule has 1 N–H and O–H groups in total. The first kappa shape index (κ1) is 17.1. The standard InChI is InChI=1S/C17H26Cl2N2/c1-3-13-6-5-10-21(12-13)11-9-16(20-2)14-7-4-8-15(18)17(14)19/h4,7-8,13,16,20H,3,5-6,9-12H2,1-2H3. The molecule has 2 rings (SSSR count). The van der Waals surface area contributed by atoms with Crippen molar-refractivity contribution >= 4 is 23.2 Å². The Bertz CT molecular complexity index is 450. The van der Waals surface area contributed by atoms with Crippen LogP contribution in [-0.4, -0.2) is 31.6 Å². The summed E-state index contributed by atoms with van der Waals surface area (Å²) in [5, 5.41) is 4.70. The highest BCUT2D eigenvalue weighted by atomic mass is 35.5. The van der Waals surface area contributed by atoms with Crippen LogP contribution >= 0.6 is 23.2 Å². The van der Waals surface area contributed by atoms with Gasteiger partial charge in [-0.15, -0.1) is 0 Å². The van der Waals surface area contributed by atoms with Gasteiger partial charge < -0.3 is 10.2 Å². The maximum absolute atomic E-state index is 6.35. The summed E-state index contributed by atoms with van der Waals surface area (Å²) in [6.07, 6.45) is 5.09. The number of piperidine rings is 1. The lowest BCUT2D eigenvalue weighted by Gasteiger charge is -2.33. The molecule has 2 unspecified atom stereocenters. The molecule has 1 aliphatic rings. The lowest BCUT2D eigenvalue weighted by atomic mass is 9.95. The summed E-state index contributed by atoms with van der Waals surface area (Å²) in [6.45, 7) is 5.90. The van der Waals surface area contributed by atoms with E-state index in [1.807, 2.05) is 19.2 Å². The van der Waals surface area contributed by atoms with E-state index in [9.17, 15) is 0 Å². The van der Waals surface area contributed by atoms with Gasteiger partial charge in [0.05, 0.1) is 10.0 Å². The van der Waals surface area contributed by atoms with Crippen molar-refractivity contribution in [3.63, 3.8) is 0 Å². The van der Waals surface area contributed by atoms with Crippen LogP contribution in [0.5, 0.6) is 0 Å². The van der Waals surface area contributed by atoms with Gasteiger partial charge >= 0.3 is 0 Å². The van der Waals surface area contributed by atoms with Crippen LogP contribution in [0, 0.1) is 5.92 Å². The number of halogens is 2. The molecule has 1 fully saturated rings. The molecule has 0 saturated carbocycles. The number of rotatable bonds is 6. The van der Waals surface area contributed by atoms with Crippen LogP contribution in [-0.2, 0) is 0 Å². The Balaban J connectivity index is 1.95. The molecule has 21 heavy (non-hydrogen) atoms. The molecule has 0 aliphatic carbocycles. The molecule has 1 aliphatic heterocycles. The van der Waals surface area contributed by atoms with Crippen molar-refractivity contribution in [1.29, 1.82) is 0 Å². The summed E-state index contributed by atoms with van der Waals surface area (Å²) in [5.74, 6) is 0.876. The van der Waals surface area contributed by atoms with E-state index in [1.165, 1.54) is 32.4 Å². The summed E-state index contributed by atoms with van der Waals surface area (Å²) in [4.78, 5) is 2.60. The second-order valence-corrected chi connectivity index (χ2v) is 6.78. The third kappa shape index (κ3) is 4.59. The van der Waals surface area contributed by atoms with Crippen molar-refractivity contribution in [2.75, 3.05) is 26.7 Å². The molecular formula is C17H26Cl2N2. The van der Waals surface area contributed by atoms with E-state index in [4.69, 9.17) is 23.2 Å². The number of nitrogens with one attached hydrogen (secondary N) is 1. The Labute approximate surface area is 138 Å². The first-order valence-electron chi connectivity index (χ1n) is 7.99. The van der Waals surface area contributed by atoms with Gasteiger partial charge in [0, 0.05) is 12.6 Å². The highest BCUT2D eigenvalue weighted by molar-refractivity contribution is 6.42. The van der Waals surface area contributed by atoms with E-state index < -0.39 is 0 Å². The van der Waals surface area contributed by atoms with Crippen LogP contribution < -0.4 is 5.32 Å². The van der Waals surface area contributed by atoms with E-state index in [-0.39, 0.29) is 6.04 Å². The topological polar surface area (TPSA) is 15.3 Å². The average molecular weight is 329 g/mol. The Morgan fingerprint density at radius 1 is 1.38 bits per heavy atom. The molecule has 0 spiro atoms. The van der Waals surface area contributed by atoms with Crippen molar-refractivity contribution < 1.29 is 0 Å². The van der Waals surface area contributed by atoms with Gasteiger partial charge in [-0.1, -0.05) is 48.7 Å². The fraction of sp³-hybridized carbons (Fsp3) is 0.647. The highest BCUT2D eigenvalue weighted by Crippen LogP contribution is 2.31. The lowest BCUT2D eigenvalue weighted by Crippen LogP contribution is -2.37. The van der Waals surface area contributed by atoms with Gasteiger partial charge in [0.1, 0.15) is 0 Å². The molecule has 0 bridgehead atoms. The van der Waals surface area contributed by atoms with E-state index in [0.717, 1.165) is 24.4 Å².